The molecule has 0 atom stereocenters. The van der Waals surface area contributed by atoms with Crippen molar-refractivity contribution in [3.63, 3.8) is 0 Å². The number of amides is 1. The lowest BCUT2D eigenvalue weighted by Crippen LogP contribution is -2.39. The van der Waals surface area contributed by atoms with Crippen LogP contribution in [0.3, 0.4) is 0 Å². The van der Waals surface area contributed by atoms with Crippen LogP contribution >= 0.6 is 0 Å². The maximum atomic E-state index is 14.0. The van der Waals surface area contributed by atoms with Crippen LogP contribution in [-0.2, 0) is 4.74 Å². The van der Waals surface area contributed by atoms with Gasteiger partial charge in [-0.15, -0.1) is 0 Å². The van der Waals surface area contributed by atoms with Crippen LogP contribution in [-0.4, -0.2) is 43.9 Å². The normalized spacial score (nSPS) is 22.4. The molecule has 174 valence electrons. The van der Waals surface area contributed by atoms with Gasteiger partial charge in [-0.3, -0.25) is 4.90 Å². The molecule has 1 amide bonds. The van der Waals surface area contributed by atoms with E-state index in [1.54, 1.807) is 40.2 Å². The van der Waals surface area contributed by atoms with E-state index in [0.29, 0.717) is 18.2 Å². The Morgan fingerprint density at radius 2 is 1.97 bits per heavy atom. The Balaban J connectivity index is 1.05. The summed E-state index contributed by atoms with van der Waals surface area (Å²) in [5.74, 6) is 0.871. The zero-order valence-electron chi connectivity index (χ0n) is 18.6. The Morgan fingerprint density at radius 3 is 2.82 bits per heavy atom. The first-order valence-corrected chi connectivity index (χ1v) is 11.6. The van der Waals surface area contributed by atoms with Gasteiger partial charge in [0.2, 0.25) is 0 Å². The predicted molar refractivity (Wildman–Crippen MR) is 126 cm³/mol. The van der Waals surface area contributed by atoms with Crippen LogP contribution in [0.5, 0.6) is 0 Å². The van der Waals surface area contributed by atoms with Crippen LogP contribution in [0.2, 0.25) is 0 Å². The summed E-state index contributed by atoms with van der Waals surface area (Å²) in [5, 5.41) is 7.83. The second-order valence-electron chi connectivity index (χ2n) is 9.14. The molecule has 34 heavy (non-hydrogen) atoms. The van der Waals surface area contributed by atoms with Gasteiger partial charge in [-0.1, -0.05) is 12.1 Å². The topological polar surface area (TPSA) is 76.7 Å². The summed E-state index contributed by atoms with van der Waals surface area (Å²) in [4.78, 5) is 18.7. The van der Waals surface area contributed by atoms with E-state index >= 15 is 0 Å². The van der Waals surface area contributed by atoms with Crippen molar-refractivity contribution in [2.75, 3.05) is 23.3 Å². The second kappa shape index (κ2) is 8.16. The summed E-state index contributed by atoms with van der Waals surface area (Å²) >= 11 is 0. The number of hydrogen-bond donors (Lipinski definition) is 1. The Hall–Kier alpha value is -3.88. The van der Waals surface area contributed by atoms with Crippen molar-refractivity contribution in [2.24, 2.45) is 5.92 Å². The average Bonchev–Trinajstić information content (AvgIpc) is 3.58. The third-order valence-corrected chi connectivity index (χ3v) is 6.93. The molecule has 2 fully saturated rings. The number of ether oxygens (including phenoxy) is 1. The zero-order valence-corrected chi connectivity index (χ0v) is 18.6. The summed E-state index contributed by atoms with van der Waals surface area (Å²) in [6, 6.07) is 12.3. The Labute approximate surface area is 196 Å². The Kier molecular flexibility index (Phi) is 4.97. The number of imidazole rings is 1. The van der Waals surface area contributed by atoms with Crippen molar-refractivity contribution in [3.05, 3.63) is 73.1 Å². The molecular formula is C25H25FN6O2. The molecule has 0 radical (unpaired) electrons. The number of para-hydroxylation sites is 1. The molecule has 1 saturated carbocycles. The van der Waals surface area contributed by atoms with E-state index in [2.05, 4.69) is 15.4 Å². The van der Waals surface area contributed by atoms with Gasteiger partial charge in [0.25, 0.3) is 0 Å². The number of halogens is 1. The molecule has 8 nitrogen and oxygen atoms in total. The van der Waals surface area contributed by atoms with Crippen molar-refractivity contribution in [1.29, 1.82) is 0 Å². The number of rotatable bonds is 5. The third-order valence-electron chi connectivity index (χ3n) is 6.93. The number of carbonyl (C=O) groups is 1. The van der Waals surface area contributed by atoms with E-state index in [-0.39, 0.29) is 11.9 Å². The van der Waals surface area contributed by atoms with Crippen LogP contribution < -0.4 is 10.2 Å². The molecule has 4 aromatic rings. The van der Waals surface area contributed by atoms with E-state index < -0.39 is 5.60 Å². The van der Waals surface area contributed by atoms with Gasteiger partial charge < -0.3 is 14.5 Å². The molecule has 0 unspecified atom stereocenters. The molecule has 9 heteroatoms. The minimum absolute atomic E-state index is 0.283. The Bertz CT molecular complexity index is 1340. The number of aromatic nitrogens is 4. The highest BCUT2D eigenvalue weighted by atomic mass is 19.1. The highest BCUT2D eigenvalue weighted by molar-refractivity contribution is 5.90. The van der Waals surface area contributed by atoms with E-state index in [9.17, 15) is 9.18 Å². The first-order chi connectivity index (χ1) is 16.6. The summed E-state index contributed by atoms with van der Waals surface area (Å²) in [6.07, 6.45) is 10.6. The highest BCUT2D eigenvalue weighted by Crippen LogP contribution is 2.40. The molecule has 1 saturated heterocycles. The summed E-state index contributed by atoms with van der Waals surface area (Å²) < 4.78 is 23.4. The van der Waals surface area contributed by atoms with Crippen LogP contribution in [0.1, 0.15) is 25.7 Å². The van der Waals surface area contributed by atoms with E-state index in [1.807, 2.05) is 35.0 Å². The average molecular weight is 461 g/mol. The van der Waals surface area contributed by atoms with Crippen LogP contribution in [0.15, 0.2) is 67.3 Å². The lowest BCUT2D eigenvalue weighted by Gasteiger charge is -2.35. The molecule has 1 aromatic carbocycles. The van der Waals surface area contributed by atoms with Gasteiger partial charge in [0, 0.05) is 37.4 Å². The van der Waals surface area contributed by atoms with Crippen molar-refractivity contribution in [3.8, 4) is 5.69 Å². The predicted octanol–water partition coefficient (Wildman–Crippen LogP) is 4.66. The lowest BCUT2D eigenvalue weighted by molar-refractivity contribution is 0.0148. The fourth-order valence-electron chi connectivity index (χ4n) is 5.00. The first-order valence-electron chi connectivity index (χ1n) is 11.6. The fraction of sp³-hybridized carbons (Fsp3) is 0.320. The standard InChI is InChI=1S/C25H25FN6O2/c26-20-3-1-2-4-21(20)32-13-9-22(29-32)28-15-18-7-10-25(11-8-18)17-31(24(33)34-25)19-5-6-23-27-12-14-30(23)16-19/h1-6,9,12-14,16,18H,7-8,10-11,15,17H2,(H,28,29). The van der Waals surface area contributed by atoms with Crippen molar-refractivity contribution < 1.29 is 13.9 Å². The number of fused-ring (bicyclic) bond motifs is 1. The van der Waals surface area contributed by atoms with Crippen molar-refractivity contribution in [2.45, 2.75) is 31.3 Å². The largest absolute Gasteiger partial charge is 0.441 e. The first kappa shape index (κ1) is 20.7. The molecule has 6 rings (SSSR count). The van der Waals surface area contributed by atoms with E-state index in [4.69, 9.17) is 4.74 Å². The number of nitrogens with zero attached hydrogens (tertiary/aromatic N) is 5. The monoisotopic (exact) mass is 460 g/mol. The minimum Gasteiger partial charge on any atom is -0.441 e. The molecular weight excluding hydrogens is 435 g/mol. The highest BCUT2D eigenvalue weighted by Gasteiger charge is 2.47. The second-order valence-corrected chi connectivity index (χ2v) is 9.14. The third kappa shape index (κ3) is 3.76. The molecule has 1 N–H and O–H groups in total. The van der Waals surface area contributed by atoms with Gasteiger partial charge in [0.05, 0.1) is 12.2 Å². The lowest BCUT2D eigenvalue weighted by atomic mass is 9.78. The molecule has 4 heterocycles. The van der Waals surface area contributed by atoms with Crippen molar-refractivity contribution >= 4 is 23.2 Å². The van der Waals surface area contributed by atoms with Gasteiger partial charge >= 0.3 is 6.09 Å². The number of hydrogen-bond acceptors (Lipinski definition) is 5. The number of pyridine rings is 1. The molecule has 2 aliphatic rings. The SMILES string of the molecule is O=C1OC2(CCC(CNc3ccn(-c4ccccc4F)n3)CC2)CN1c1ccc2nccn2c1. The summed E-state index contributed by atoms with van der Waals surface area (Å²) in [6.45, 7) is 1.35. The Morgan fingerprint density at radius 1 is 1.12 bits per heavy atom. The number of nitrogens with one attached hydrogen (secondary N) is 1. The van der Waals surface area contributed by atoms with Gasteiger partial charge in [-0.25, -0.2) is 18.9 Å². The van der Waals surface area contributed by atoms with Crippen LogP contribution in [0.25, 0.3) is 11.3 Å². The van der Waals surface area contributed by atoms with Crippen LogP contribution in [0.4, 0.5) is 20.7 Å². The molecule has 1 aliphatic carbocycles. The fourth-order valence-corrected chi connectivity index (χ4v) is 5.00. The molecule has 0 bridgehead atoms. The van der Waals surface area contributed by atoms with Crippen molar-refractivity contribution in [1.82, 2.24) is 19.2 Å². The number of benzene rings is 1. The van der Waals surface area contributed by atoms with Gasteiger partial charge in [-0.2, -0.15) is 5.10 Å². The zero-order chi connectivity index (χ0) is 23.1. The minimum atomic E-state index is -0.427. The maximum absolute atomic E-state index is 14.0. The quantitative estimate of drug-likeness (QED) is 0.469. The van der Waals surface area contributed by atoms with E-state index in [1.165, 1.54) is 6.07 Å². The smallest absolute Gasteiger partial charge is 0.415 e. The number of carbonyl (C=O) groups excluding carboxylic acids is 1. The van der Waals surface area contributed by atoms with Gasteiger partial charge in [0.15, 0.2) is 0 Å². The van der Waals surface area contributed by atoms with Crippen LogP contribution in [0, 0.1) is 11.7 Å². The van der Waals surface area contributed by atoms with Gasteiger partial charge in [-0.05, 0) is 55.9 Å². The maximum Gasteiger partial charge on any atom is 0.415 e. The molecule has 1 spiro atoms. The van der Waals surface area contributed by atoms with E-state index in [0.717, 1.165) is 49.4 Å². The molecule has 1 aliphatic heterocycles. The molecule has 3 aromatic heterocycles. The number of anilines is 2. The summed E-state index contributed by atoms with van der Waals surface area (Å²) in [5.41, 5.74) is 1.67. The van der Waals surface area contributed by atoms with Gasteiger partial charge in [0.1, 0.15) is 28.6 Å². The summed E-state index contributed by atoms with van der Waals surface area (Å²) in [7, 11) is 0.